The smallest absolute Gasteiger partial charge is 0.128 e. The largest absolute Gasteiger partial charge is 0.323 e. The van der Waals surface area contributed by atoms with Crippen molar-refractivity contribution in [2.24, 2.45) is 0 Å². The van der Waals surface area contributed by atoms with E-state index in [1.807, 2.05) is 6.92 Å². The van der Waals surface area contributed by atoms with Gasteiger partial charge in [-0.2, -0.15) is 0 Å². The predicted octanol–water partition coefficient (Wildman–Crippen LogP) is 3.77. The number of fused-ring (bicyclic) bond motifs is 1. The van der Waals surface area contributed by atoms with Crippen LogP contribution in [-0.4, -0.2) is 35.1 Å². The average molecular weight is 280 g/mol. The summed E-state index contributed by atoms with van der Waals surface area (Å²) in [6.07, 6.45) is 0. The number of likely N-dealkylation sites (N-methyl/N-ethyl adjacent to an activating group) is 1. The van der Waals surface area contributed by atoms with Crippen LogP contribution in [0.3, 0.4) is 0 Å². The molecule has 1 heterocycles. The first-order valence-corrected chi connectivity index (χ1v) is 7.11. The Morgan fingerprint density at radius 1 is 1.32 bits per heavy atom. The lowest BCUT2D eigenvalue weighted by Crippen LogP contribution is -2.23. The Bertz CT molecular complexity index is 572. The lowest BCUT2D eigenvalue weighted by molar-refractivity contribution is 0.336. The molecule has 0 aliphatic rings. The van der Waals surface area contributed by atoms with Gasteiger partial charge >= 0.3 is 0 Å². The van der Waals surface area contributed by atoms with Gasteiger partial charge in [-0.15, -0.1) is 11.6 Å². The van der Waals surface area contributed by atoms with Crippen molar-refractivity contribution in [1.82, 2.24) is 14.5 Å². The van der Waals surface area contributed by atoms with Gasteiger partial charge < -0.3 is 9.47 Å². The molecule has 0 amide bonds. The number of hydrogen-bond acceptors (Lipinski definition) is 2. The Labute approximate surface area is 120 Å². The fraction of sp³-hybridized carbons (Fsp3) is 0.533. The number of alkyl halides is 1. The molecule has 4 heteroatoms. The Morgan fingerprint density at radius 2 is 2.00 bits per heavy atom. The molecular formula is C15H22ClN3. The van der Waals surface area contributed by atoms with Crippen molar-refractivity contribution in [3.8, 4) is 0 Å². The lowest BCUT2D eigenvalue weighted by atomic mass is 10.2. The standard InChI is InChI=1S/C15H22ClN3/c1-10-6-7-13-14(8-10)19(11(2)9-18(4)5)15(17-13)12(3)16/h6-8,11-12H,9H2,1-5H3. The van der Waals surface area contributed by atoms with E-state index in [2.05, 4.69) is 55.6 Å². The molecule has 0 aliphatic heterocycles. The number of aromatic nitrogens is 2. The van der Waals surface area contributed by atoms with E-state index in [1.165, 1.54) is 11.1 Å². The van der Waals surface area contributed by atoms with Gasteiger partial charge in [0.1, 0.15) is 5.82 Å². The predicted molar refractivity (Wildman–Crippen MR) is 82.0 cm³/mol. The number of hydrogen-bond donors (Lipinski definition) is 0. The van der Waals surface area contributed by atoms with Crippen molar-refractivity contribution < 1.29 is 0 Å². The maximum absolute atomic E-state index is 6.30. The molecule has 2 atom stereocenters. The van der Waals surface area contributed by atoms with Crippen LogP contribution in [-0.2, 0) is 0 Å². The summed E-state index contributed by atoms with van der Waals surface area (Å²) in [7, 11) is 4.18. The van der Waals surface area contributed by atoms with Gasteiger partial charge in [0.05, 0.1) is 16.4 Å². The quantitative estimate of drug-likeness (QED) is 0.795. The molecule has 0 bridgehead atoms. The molecule has 2 rings (SSSR count). The average Bonchev–Trinajstić information content (AvgIpc) is 2.66. The monoisotopic (exact) mass is 279 g/mol. The summed E-state index contributed by atoms with van der Waals surface area (Å²) >= 11 is 6.30. The minimum absolute atomic E-state index is 0.0858. The van der Waals surface area contributed by atoms with Gasteiger partial charge in [0, 0.05) is 12.6 Å². The molecule has 1 aromatic heterocycles. The second-order valence-electron chi connectivity index (χ2n) is 5.56. The van der Waals surface area contributed by atoms with E-state index < -0.39 is 0 Å². The molecule has 1 aromatic carbocycles. The minimum Gasteiger partial charge on any atom is -0.323 e. The van der Waals surface area contributed by atoms with E-state index in [-0.39, 0.29) is 5.38 Å². The molecule has 104 valence electrons. The van der Waals surface area contributed by atoms with Crippen molar-refractivity contribution in [1.29, 1.82) is 0 Å². The highest BCUT2D eigenvalue weighted by Crippen LogP contribution is 2.28. The van der Waals surface area contributed by atoms with Crippen LogP contribution in [0.5, 0.6) is 0 Å². The molecule has 2 aromatic rings. The Balaban J connectivity index is 2.59. The molecule has 0 spiro atoms. The van der Waals surface area contributed by atoms with Crippen molar-refractivity contribution in [3.05, 3.63) is 29.6 Å². The van der Waals surface area contributed by atoms with Crippen molar-refractivity contribution in [2.45, 2.75) is 32.2 Å². The van der Waals surface area contributed by atoms with Crippen LogP contribution in [0, 0.1) is 6.92 Å². The van der Waals surface area contributed by atoms with Gasteiger partial charge in [-0.05, 0) is 52.6 Å². The van der Waals surface area contributed by atoms with Crippen molar-refractivity contribution in [2.75, 3.05) is 20.6 Å². The van der Waals surface area contributed by atoms with Crippen LogP contribution in [0.2, 0.25) is 0 Å². The zero-order chi connectivity index (χ0) is 14.2. The molecule has 0 radical (unpaired) electrons. The molecule has 2 unspecified atom stereocenters. The minimum atomic E-state index is -0.0858. The first kappa shape index (κ1) is 14.4. The highest BCUT2D eigenvalue weighted by atomic mass is 35.5. The van der Waals surface area contributed by atoms with Gasteiger partial charge in [-0.25, -0.2) is 4.98 Å². The number of benzene rings is 1. The third kappa shape index (κ3) is 2.93. The topological polar surface area (TPSA) is 21.1 Å². The fourth-order valence-corrected chi connectivity index (χ4v) is 2.73. The Kier molecular flexibility index (Phi) is 4.16. The lowest BCUT2D eigenvalue weighted by Gasteiger charge is -2.22. The summed E-state index contributed by atoms with van der Waals surface area (Å²) in [5.74, 6) is 0.955. The summed E-state index contributed by atoms with van der Waals surface area (Å²) in [5, 5.41) is -0.0858. The van der Waals surface area contributed by atoms with Gasteiger partial charge in [-0.3, -0.25) is 0 Å². The normalized spacial score (nSPS) is 15.1. The van der Waals surface area contributed by atoms with Crippen LogP contribution in [0.25, 0.3) is 11.0 Å². The highest BCUT2D eigenvalue weighted by molar-refractivity contribution is 6.20. The number of nitrogens with zero attached hydrogens (tertiary/aromatic N) is 3. The van der Waals surface area contributed by atoms with Crippen molar-refractivity contribution >= 4 is 22.6 Å². The molecule has 0 aliphatic carbocycles. The van der Waals surface area contributed by atoms with Crippen LogP contribution in [0.1, 0.15) is 36.7 Å². The maximum atomic E-state index is 6.30. The first-order valence-electron chi connectivity index (χ1n) is 6.67. The summed E-state index contributed by atoms with van der Waals surface area (Å²) in [6, 6.07) is 6.71. The van der Waals surface area contributed by atoms with Crippen LogP contribution in [0.4, 0.5) is 0 Å². The van der Waals surface area contributed by atoms with Gasteiger partial charge in [0.2, 0.25) is 0 Å². The van der Waals surface area contributed by atoms with Gasteiger partial charge in [-0.1, -0.05) is 6.07 Å². The van der Waals surface area contributed by atoms with Crippen molar-refractivity contribution in [3.63, 3.8) is 0 Å². The number of aryl methyl sites for hydroxylation is 1. The fourth-order valence-electron chi connectivity index (χ4n) is 2.58. The zero-order valence-electron chi connectivity index (χ0n) is 12.3. The second kappa shape index (κ2) is 5.51. The molecule has 0 fully saturated rings. The maximum Gasteiger partial charge on any atom is 0.128 e. The summed E-state index contributed by atoms with van der Waals surface area (Å²) < 4.78 is 2.28. The Morgan fingerprint density at radius 3 is 2.58 bits per heavy atom. The van der Waals surface area contributed by atoms with E-state index >= 15 is 0 Å². The summed E-state index contributed by atoms with van der Waals surface area (Å²) in [4.78, 5) is 6.88. The van der Waals surface area contributed by atoms with E-state index in [1.54, 1.807) is 0 Å². The molecule has 19 heavy (non-hydrogen) atoms. The zero-order valence-corrected chi connectivity index (χ0v) is 13.1. The van der Waals surface area contributed by atoms with Crippen LogP contribution in [0.15, 0.2) is 18.2 Å². The van der Waals surface area contributed by atoms with Crippen LogP contribution < -0.4 is 0 Å². The Hall–Kier alpha value is -1.06. The molecule has 0 saturated carbocycles. The number of halogens is 1. The molecule has 0 saturated heterocycles. The van der Waals surface area contributed by atoms with E-state index in [0.29, 0.717) is 6.04 Å². The molecule has 3 nitrogen and oxygen atoms in total. The van der Waals surface area contributed by atoms with Gasteiger partial charge in [0.15, 0.2) is 0 Å². The van der Waals surface area contributed by atoms with Crippen LogP contribution >= 0.6 is 11.6 Å². The molecule has 0 N–H and O–H groups in total. The first-order chi connectivity index (χ1) is 8.90. The van der Waals surface area contributed by atoms with E-state index in [4.69, 9.17) is 16.6 Å². The van der Waals surface area contributed by atoms with E-state index in [9.17, 15) is 0 Å². The molecular weight excluding hydrogens is 258 g/mol. The summed E-state index contributed by atoms with van der Waals surface area (Å²) in [6.45, 7) is 7.27. The number of imidazole rings is 1. The third-order valence-electron chi connectivity index (χ3n) is 3.30. The van der Waals surface area contributed by atoms with E-state index in [0.717, 1.165) is 17.9 Å². The number of rotatable bonds is 4. The SMILES string of the molecule is Cc1ccc2nc(C(C)Cl)n(C(C)CN(C)C)c2c1. The highest BCUT2D eigenvalue weighted by Gasteiger charge is 2.19. The van der Waals surface area contributed by atoms with Gasteiger partial charge in [0.25, 0.3) is 0 Å². The third-order valence-corrected chi connectivity index (χ3v) is 3.49. The summed E-state index contributed by atoms with van der Waals surface area (Å²) in [5.41, 5.74) is 3.45. The second-order valence-corrected chi connectivity index (χ2v) is 6.21.